The molecule has 0 unspecified atom stereocenters. The minimum absolute atomic E-state index is 0.165. The van der Waals surface area contributed by atoms with E-state index < -0.39 is 50.8 Å². The highest BCUT2D eigenvalue weighted by Crippen LogP contribution is 2.46. The van der Waals surface area contributed by atoms with Crippen molar-refractivity contribution < 1.29 is 27.5 Å². The molecule has 0 spiro atoms. The summed E-state index contributed by atoms with van der Waals surface area (Å²) in [5.41, 5.74) is 0.427. The summed E-state index contributed by atoms with van der Waals surface area (Å²) in [6.45, 7) is 0.658. The van der Waals surface area contributed by atoms with Crippen LogP contribution < -0.4 is 20.1 Å². The van der Waals surface area contributed by atoms with Crippen molar-refractivity contribution in [3.8, 4) is 5.19 Å². The van der Waals surface area contributed by atoms with Crippen LogP contribution in [0, 0.1) is 5.92 Å². The van der Waals surface area contributed by atoms with Gasteiger partial charge in [-0.3, -0.25) is 19.1 Å². The Bertz CT molecular complexity index is 1870. The summed E-state index contributed by atoms with van der Waals surface area (Å²) in [6, 6.07) is 14.2. The van der Waals surface area contributed by atoms with Crippen LogP contribution in [0.2, 0.25) is 0 Å². The molecule has 0 radical (unpaired) electrons. The summed E-state index contributed by atoms with van der Waals surface area (Å²) < 4.78 is 36.0. The van der Waals surface area contributed by atoms with E-state index in [2.05, 4.69) is 36.3 Å². The summed E-state index contributed by atoms with van der Waals surface area (Å²) in [7, 11) is -3.83. The van der Waals surface area contributed by atoms with Gasteiger partial charge in [-0.15, -0.1) is 0 Å². The van der Waals surface area contributed by atoms with Crippen LogP contribution in [0.4, 0.5) is 0 Å². The number of sulfonamides is 1. The zero-order chi connectivity index (χ0) is 34.2. The first-order valence-electron chi connectivity index (χ1n) is 17.0. The quantitative estimate of drug-likeness (QED) is 0.283. The largest absolute Gasteiger partial charge is 0.465 e. The molecule has 3 aromatic rings. The topological polar surface area (TPSA) is 147 Å². The van der Waals surface area contributed by atoms with Crippen molar-refractivity contribution >= 4 is 65.2 Å². The van der Waals surface area contributed by atoms with Gasteiger partial charge in [0.25, 0.3) is 11.1 Å². The van der Waals surface area contributed by atoms with Crippen molar-refractivity contribution in [1.82, 2.24) is 25.2 Å². The van der Waals surface area contributed by atoms with Crippen molar-refractivity contribution in [2.45, 2.75) is 93.3 Å². The molecule has 4 aliphatic rings. The van der Waals surface area contributed by atoms with Crippen LogP contribution in [0.15, 0.2) is 65.2 Å². The van der Waals surface area contributed by atoms with E-state index in [1.165, 1.54) is 11.3 Å². The number of nitrogens with zero attached hydrogens (tertiary/aromatic N) is 2. The molecule has 3 N–H and O–H groups in total. The third-order valence-corrected chi connectivity index (χ3v) is 13.1. The van der Waals surface area contributed by atoms with Crippen LogP contribution in [-0.4, -0.2) is 71.5 Å². The maximum absolute atomic E-state index is 14.4. The van der Waals surface area contributed by atoms with Gasteiger partial charge in [-0.2, -0.15) is 0 Å². The van der Waals surface area contributed by atoms with Gasteiger partial charge in [0.1, 0.15) is 17.7 Å². The van der Waals surface area contributed by atoms with Gasteiger partial charge in [-0.05, 0) is 62.3 Å². The zero-order valence-electron chi connectivity index (χ0n) is 27.0. The van der Waals surface area contributed by atoms with Crippen LogP contribution in [0.3, 0.4) is 0 Å². The van der Waals surface area contributed by atoms with E-state index in [0.717, 1.165) is 45.9 Å². The minimum atomic E-state index is -3.83. The van der Waals surface area contributed by atoms with Gasteiger partial charge in [0.15, 0.2) is 0 Å². The first-order valence-corrected chi connectivity index (χ1v) is 20.1. The lowest BCUT2D eigenvalue weighted by molar-refractivity contribution is -0.141. The Morgan fingerprint density at radius 1 is 1.10 bits per heavy atom. The monoisotopic (exact) mass is 769 g/mol. The highest BCUT2D eigenvalue weighted by molar-refractivity contribution is 9.10. The predicted molar refractivity (Wildman–Crippen MR) is 190 cm³/mol. The van der Waals surface area contributed by atoms with Crippen molar-refractivity contribution in [3.63, 3.8) is 0 Å². The number of amides is 3. The summed E-state index contributed by atoms with van der Waals surface area (Å²) in [6.07, 6.45) is 8.95. The van der Waals surface area contributed by atoms with E-state index in [1.54, 1.807) is 4.90 Å². The van der Waals surface area contributed by atoms with Crippen LogP contribution in [0.5, 0.6) is 5.19 Å². The lowest BCUT2D eigenvalue weighted by atomic mass is 10.0. The van der Waals surface area contributed by atoms with Crippen molar-refractivity contribution in [1.29, 1.82) is 0 Å². The van der Waals surface area contributed by atoms with Gasteiger partial charge in [0.2, 0.25) is 21.8 Å². The second kappa shape index (κ2) is 14.1. The summed E-state index contributed by atoms with van der Waals surface area (Å²) in [5.74, 6) is -1.78. The fourth-order valence-corrected chi connectivity index (χ4v) is 9.61. The number of thiazole rings is 1. The Morgan fingerprint density at radius 3 is 2.71 bits per heavy atom. The number of aromatic nitrogens is 1. The second-order valence-electron chi connectivity index (χ2n) is 13.5. The number of ether oxygens (including phenoxy) is 1. The lowest BCUT2D eigenvalue weighted by Gasteiger charge is -2.30. The fourth-order valence-electron chi connectivity index (χ4n) is 6.81. The van der Waals surface area contributed by atoms with Gasteiger partial charge in [-0.25, -0.2) is 13.4 Å². The van der Waals surface area contributed by atoms with E-state index in [9.17, 15) is 22.8 Å². The van der Waals surface area contributed by atoms with Gasteiger partial charge < -0.3 is 20.3 Å². The Morgan fingerprint density at radius 2 is 1.92 bits per heavy atom. The number of halogens is 1. The lowest BCUT2D eigenvalue weighted by Crippen LogP contribution is -2.58. The molecule has 11 nitrogen and oxygen atoms in total. The molecule has 2 aliphatic carbocycles. The number of allylic oxidation sites excluding steroid dienone is 1. The molecular weight excluding hydrogens is 730 g/mol. The third kappa shape index (κ3) is 7.72. The van der Waals surface area contributed by atoms with E-state index >= 15 is 0 Å². The Labute approximate surface area is 298 Å². The number of carbonyl (C=O) groups is 3. The highest BCUT2D eigenvalue weighted by atomic mass is 79.9. The number of rotatable bonds is 8. The molecule has 3 fully saturated rings. The molecular formula is C35H40BrN5O6S2. The van der Waals surface area contributed by atoms with Crippen molar-refractivity contribution in [3.05, 3.63) is 70.7 Å². The van der Waals surface area contributed by atoms with Gasteiger partial charge in [0.05, 0.1) is 28.1 Å². The van der Waals surface area contributed by atoms with E-state index in [4.69, 9.17) is 4.74 Å². The molecule has 14 heteroatoms. The molecule has 2 aliphatic heterocycles. The van der Waals surface area contributed by atoms with Crippen LogP contribution in [0.1, 0.15) is 63.4 Å². The number of hydrogen-bond acceptors (Lipinski definition) is 9. The molecule has 0 bridgehead atoms. The number of benzene rings is 2. The van der Waals surface area contributed by atoms with E-state index in [-0.39, 0.29) is 31.2 Å². The van der Waals surface area contributed by atoms with Crippen LogP contribution in [0.25, 0.3) is 10.2 Å². The van der Waals surface area contributed by atoms with Crippen molar-refractivity contribution in [2.75, 3.05) is 6.54 Å². The van der Waals surface area contributed by atoms with E-state index in [0.29, 0.717) is 31.0 Å². The van der Waals surface area contributed by atoms with Crippen molar-refractivity contribution in [2.24, 2.45) is 5.92 Å². The SMILES string of the molecule is O=C1N[C@]2(C(=O)NS(=O)(=O)C3CC3)C[C@H]2/C=C\CCCCC[C@H](NCc2ccccc2)C(=O)N2C[C@H](Oc3nc4ccc(Br)cc4s3)C[C@@H]12. The predicted octanol–water partition coefficient (Wildman–Crippen LogP) is 4.57. The molecule has 5 atom stereocenters. The minimum Gasteiger partial charge on any atom is -0.465 e. The maximum Gasteiger partial charge on any atom is 0.274 e. The smallest absolute Gasteiger partial charge is 0.274 e. The average molecular weight is 771 g/mol. The first-order chi connectivity index (χ1) is 23.6. The summed E-state index contributed by atoms with van der Waals surface area (Å²) in [5, 5.41) is 6.26. The molecule has 49 heavy (non-hydrogen) atoms. The molecule has 3 heterocycles. The molecule has 1 saturated heterocycles. The number of carbonyl (C=O) groups excluding carboxylic acids is 3. The Kier molecular flexibility index (Phi) is 9.84. The van der Waals surface area contributed by atoms with Crippen LogP contribution in [-0.2, 0) is 31.0 Å². The molecule has 1 aromatic heterocycles. The first kappa shape index (κ1) is 34.1. The number of hydrogen-bond donors (Lipinski definition) is 3. The number of nitrogens with one attached hydrogen (secondary N) is 3. The van der Waals surface area contributed by atoms with Gasteiger partial charge >= 0.3 is 0 Å². The normalized spacial score (nSPS) is 28.5. The maximum atomic E-state index is 14.4. The van der Waals surface area contributed by atoms with Gasteiger partial charge in [0, 0.05) is 23.4 Å². The zero-order valence-corrected chi connectivity index (χ0v) is 30.2. The number of fused-ring (bicyclic) bond motifs is 3. The molecule has 260 valence electrons. The third-order valence-electron chi connectivity index (χ3n) is 9.84. The summed E-state index contributed by atoms with van der Waals surface area (Å²) >= 11 is 4.89. The van der Waals surface area contributed by atoms with Gasteiger partial charge in [-0.1, -0.05) is 82.6 Å². The summed E-state index contributed by atoms with van der Waals surface area (Å²) in [4.78, 5) is 48.5. The fraction of sp³-hybridized carbons (Fsp3) is 0.486. The van der Waals surface area contributed by atoms with E-state index in [1.807, 2.05) is 60.7 Å². The average Bonchev–Trinajstić information content (AvgIpc) is 3.97. The standard InChI is InChI=1S/C35H40BrN5O6S2/c36-24-13-16-27-30(17-24)48-34(38-27)47-25-18-29-31(42)39-35(33(44)40-49(45,46)26-14-15-26)19-23(35)11-7-2-1-3-8-12-28(32(43)41(29)21-25)37-20-22-9-5-4-6-10-22/h4-7,9-11,13,16-17,23,25-26,28-29,37H,1-3,8,12,14-15,18-21H2,(H,39,42)(H,40,44)/b11-7-/t23-,25-,28+,29+,35-/m1/s1. The Hall–Kier alpha value is -3.33. The molecule has 7 rings (SSSR count). The molecule has 2 aromatic carbocycles. The molecule has 2 saturated carbocycles. The molecule has 3 amide bonds. The second-order valence-corrected chi connectivity index (χ2v) is 17.4. The highest BCUT2D eigenvalue weighted by Gasteiger charge is 2.62. The Balaban J connectivity index is 1.16. The van der Waals surface area contributed by atoms with Crippen LogP contribution >= 0.6 is 27.3 Å².